The molecule has 3 amide bonds. The minimum atomic E-state index is -0.369. The van der Waals surface area contributed by atoms with Crippen molar-refractivity contribution in [2.75, 3.05) is 30.5 Å². The molecule has 0 radical (unpaired) electrons. The maximum Gasteiger partial charge on any atom is 0.227 e. The number of methoxy groups -OCH3 is 1. The van der Waals surface area contributed by atoms with Crippen LogP contribution in [0.25, 0.3) is 0 Å². The number of benzene rings is 1. The van der Waals surface area contributed by atoms with Gasteiger partial charge in [-0.1, -0.05) is 0 Å². The molecule has 1 aromatic rings. The summed E-state index contributed by atoms with van der Waals surface area (Å²) >= 11 is 0. The summed E-state index contributed by atoms with van der Waals surface area (Å²) < 4.78 is 5.00. The number of amides is 3. The number of nitrogens with zero attached hydrogens (tertiary/aromatic N) is 1. The lowest BCUT2D eigenvalue weighted by atomic mass is 10.1. The average Bonchev–Trinajstić information content (AvgIpc) is 2.90. The molecule has 2 unspecified atom stereocenters. The third-order valence-corrected chi connectivity index (χ3v) is 3.80. The summed E-state index contributed by atoms with van der Waals surface area (Å²) in [4.78, 5) is 37.1. The Bertz CT molecular complexity index is 615. The third kappa shape index (κ3) is 4.55. The number of anilines is 2. The lowest BCUT2D eigenvalue weighted by Crippen LogP contribution is -2.40. The van der Waals surface area contributed by atoms with Crippen LogP contribution >= 0.6 is 0 Å². The molecule has 0 bridgehead atoms. The zero-order valence-electron chi connectivity index (χ0n) is 14.2. The van der Waals surface area contributed by atoms with E-state index in [4.69, 9.17) is 4.74 Å². The van der Waals surface area contributed by atoms with Gasteiger partial charge in [0.1, 0.15) is 0 Å². The standard InChI is InChI=1S/C17H23N3O4/c1-11(10-24-3)18-17(23)13-8-16(22)20(9-13)15-6-4-14(5-7-15)19-12(2)21/h4-7,11,13H,8-10H2,1-3H3,(H,18,23)(H,19,21). The Hall–Kier alpha value is -2.41. The van der Waals surface area contributed by atoms with Crippen LogP contribution in [-0.4, -0.2) is 44.0 Å². The maximum absolute atomic E-state index is 12.2. The van der Waals surface area contributed by atoms with Gasteiger partial charge >= 0.3 is 0 Å². The predicted molar refractivity (Wildman–Crippen MR) is 90.7 cm³/mol. The fourth-order valence-corrected chi connectivity index (χ4v) is 2.71. The number of hydrogen-bond donors (Lipinski definition) is 2. The Morgan fingerprint density at radius 1 is 1.33 bits per heavy atom. The van der Waals surface area contributed by atoms with E-state index in [0.29, 0.717) is 24.5 Å². The van der Waals surface area contributed by atoms with Crippen LogP contribution in [0.2, 0.25) is 0 Å². The predicted octanol–water partition coefficient (Wildman–Crippen LogP) is 1.15. The van der Waals surface area contributed by atoms with Gasteiger partial charge in [0.2, 0.25) is 17.7 Å². The van der Waals surface area contributed by atoms with Crippen LogP contribution in [0, 0.1) is 5.92 Å². The first-order valence-electron chi connectivity index (χ1n) is 7.88. The minimum absolute atomic E-state index is 0.0816. The fraction of sp³-hybridized carbons (Fsp3) is 0.471. The highest BCUT2D eigenvalue weighted by Gasteiger charge is 2.35. The van der Waals surface area contributed by atoms with Crippen LogP contribution in [0.5, 0.6) is 0 Å². The van der Waals surface area contributed by atoms with E-state index in [1.165, 1.54) is 6.92 Å². The molecule has 2 rings (SSSR count). The first kappa shape index (κ1) is 17.9. The molecule has 2 atom stereocenters. The molecular formula is C17H23N3O4. The fourth-order valence-electron chi connectivity index (χ4n) is 2.71. The van der Waals surface area contributed by atoms with Crippen molar-refractivity contribution in [3.05, 3.63) is 24.3 Å². The van der Waals surface area contributed by atoms with Gasteiger partial charge in [0.25, 0.3) is 0 Å². The average molecular weight is 333 g/mol. The molecule has 1 heterocycles. The molecule has 0 saturated carbocycles. The third-order valence-electron chi connectivity index (χ3n) is 3.80. The smallest absolute Gasteiger partial charge is 0.227 e. The molecule has 1 aliphatic rings. The van der Waals surface area contributed by atoms with E-state index in [1.807, 2.05) is 6.92 Å². The lowest BCUT2D eigenvalue weighted by Gasteiger charge is -2.18. The summed E-state index contributed by atoms with van der Waals surface area (Å²) in [6.07, 6.45) is 0.193. The van der Waals surface area contributed by atoms with Gasteiger partial charge in [0.05, 0.1) is 12.5 Å². The quantitative estimate of drug-likeness (QED) is 0.817. The first-order valence-corrected chi connectivity index (χ1v) is 7.88. The van der Waals surface area contributed by atoms with E-state index in [-0.39, 0.29) is 36.1 Å². The molecule has 130 valence electrons. The van der Waals surface area contributed by atoms with Crippen LogP contribution < -0.4 is 15.5 Å². The van der Waals surface area contributed by atoms with Gasteiger partial charge in [-0.3, -0.25) is 14.4 Å². The summed E-state index contributed by atoms with van der Waals surface area (Å²) in [5, 5.41) is 5.53. The second-order valence-electron chi connectivity index (χ2n) is 6.00. The normalized spacial score (nSPS) is 18.4. The molecule has 7 nitrogen and oxygen atoms in total. The van der Waals surface area contributed by atoms with E-state index in [2.05, 4.69) is 10.6 Å². The van der Waals surface area contributed by atoms with Crippen molar-refractivity contribution in [1.82, 2.24) is 5.32 Å². The van der Waals surface area contributed by atoms with E-state index < -0.39 is 0 Å². The van der Waals surface area contributed by atoms with Crippen LogP contribution in [-0.2, 0) is 19.1 Å². The Labute approximate surface area is 141 Å². The van der Waals surface area contributed by atoms with E-state index in [0.717, 1.165) is 0 Å². The largest absolute Gasteiger partial charge is 0.383 e. The van der Waals surface area contributed by atoms with Crippen molar-refractivity contribution < 1.29 is 19.1 Å². The molecule has 2 N–H and O–H groups in total. The zero-order chi connectivity index (χ0) is 17.7. The number of carbonyl (C=O) groups is 3. The first-order chi connectivity index (χ1) is 11.4. The van der Waals surface area contributed by atoms with E-state index in [9.17, 15) is 14.4 Å². The second-order valence-corrected chi connectivity index (χ2v) is 6.00. The highest BCUT2D eigenvalue weighted by Crippen LogP contribution is 2.26. The lowest BCUT2D eigenvalue weighted by molar-refractivity contribution is -0.127. The number of hydrogen-bond acceptors (Lipinski definition) is 4. The number of carbonyl (C=O) groups excluding carboxylic acids is 3. The minimum Gasteiger partial charge on any atom is -0.383 e. The highest BCUT2D eigenvalue weighted by atomic mass is 16.5. The maximum atomic E-state index is 12.2. The highest BCUT2D eigenvalue weighted by molar-refractivity contribution is 6.00. The Kier molecular flexibility index (Phi) is 5.92. The van der Waals surface area contributed by atoms with Crippen molar-refractivity contribution in [2.45, 2.75) is 26.3 Å². The van der Waals surface area contributed by atoms with Crippen LogP contribution in [0.4, 0.5) is 11.4 Å². The summed E-state index contributed by atoms with van der Waals surface area (Å²) in [5.41, 5.74) is 1.38. The molecule has 1 fully saturated rings. The number of nitrogens with one attached hydrogen (secondary N) is 2. The molecule has 0 aromatic heterocycles. The van der Waals surface area contributed by atoms with Gasteiger partial charge in [-0.05, 0) is 31.2 Å². The summed E-state index contributed by atoms with van der Waals surface area (Å²) in [7, 11) is 1.58. The van der Waals surface area contributed by atoms with Gasteiger partial charge in [-0.15, -0.1) is 0 Å². The Morgan fingerprint density at radius 3 is 2.58 bits per heavy atom. The molecule has 0 spiro atoms. The van der Waals surface area contributed by atoms with Gasteiger partial charge < -0.3 is 20.3 Å². The Morgan fingerprint density at radius 2 is 2.00 bits per heavy atom. The summed E-state index contributed by atoms with van der Waals surface area (Å²) in [6, 6.07) is 6.90. The molecule has 24 heavy (non-hydrogen) atoms. The van der Waals surface area contributed by atoms with E-state index >= 15 is 0 Å². The second kappa shape index (κ2) is 7.92. The molecule has 1 aliphatic heterocycles. The van der Waals surface area contributed by atoms with Gasteiger partial charge in [0.15, 0.2) is 0 Å². The van der Waals surface area contributed by atoms with Gasteiger partial charge in [-0.25, -0.2) is 0 Å². The van der Waals surface area contributed by atoms with Crippen molar-refractivity contribution in [2.24, 2.45) is 5.92 Å². The van der Waals surface area contributed by atoms with Gasteiger partial charge in [0, 0.05) is 44.4 Å². The summed E-state index contributed by atoms with van der Waals surface area (Å²) in [6.45, 7) is 4.08. The Balaban J connectivity index is 1.99. The van der Waals surface area contributed by atoms with Crippen molar-refractivity contribution >= 4 is 29.1 Å². The van der Waals surface area contributed by atoms with Crippen molar-refractivity contribution in [3.63, 3.8) is 0 Å². The monoisotopic (exact) mass is 333 g/mol. The molecule has 7 heteroatoms. The van der Waals surface area contributed by atoms with Crippen LogP contribution in [0.1, 0.15) is 20.3 Å². The molecule has 0 aliphatic carbocycles. The van der Waals surface area contributed by atoms with Crippen LogP contribution in [0.3, 0.4) is 0 Å². The van der Waals surface area contributed by atoms with Crippen LogP contribution in [0.15, 0.2) is 24.3 Å². The topological polar surface area (TPSA) is 87.7 Å². The SMILES string of the molecule is COCC(C)NC(=O)C1CC(=O)N(c2ccc(NC(C)=O)cc2)C1. The molecule has 1 saturated heterocycles. The summed E-state index contributed by atoms with van der Waals surface area (Å²) in [5.74, 6) is -0.735. The molecule has 1 aromatic carbocycles. The van der Waals surface area contributed by atoms with Crippen molar-refractivity contribution in [1.29, 1.82) is 0 Å². The van der Waals surface area contributed by atoms with E-state index in [1.54, 1.807) is 36.3 Å². The number of ether oxygens (including phenoxy) is 1. The molecular weight excluding hydrogens is 310 g/mol. The van der Waals surface area contributed by atoms with Crippen molar-refractivity contribution in [3.8, 4) is 0 Å². The number of rotatable bonds is 6. The zero-order valence-corrected chi connectivity index (χ0v) is 14.2. The van der Waals surface area contributed by atoms with Gasteiger partial charge in [-0.2, -0.15) is 0 Å².